The highest BCUT2D eigenvalue weighted by atomic mass is 16.5. The summed E-state index contributed by atoms with van der Waals surface area (Å²) in [6, 6.07) is 0.793. The van der Waals surface area contributed by atoms with E-state index in [9.17, 15) is 0 Å². The van der Waals surface area contributed by atoms with E-state index < -0.39 is 0 Å². The fourth-order valence-corrected chi connectivity index (χ4v) is 2.34. The Labute approximate surface area is 105 Å². The number of nitrogens with one attached hydrogen (secondary N) is 1. The van der Waals surface area contributed by atoms with Gasteiger partial charge in [-0.1, -0.05) is 13.3 Å². The molecule has 1 aliphatic heterocycles. The molecule has 1 N–H and O–H groups in total. The summed E-state index contributed by atoms with van der Waals surface area (Å²) in [7, 11) is 0. The van der Waals surface area contributed by atoms with Crippen molar-refractivity contribution in [3.8, 4) is 0 Å². The van der Waals surface area contributed by atoms with Gasteiger partial charge in [0.15, 0.2) is 0 Å². The van der Waals surface area contributed by atoms with E-state index in [0.29, 0.717) is 6.10 Å². The van der Waals surface area contributed by atoms with Gasteiger partial charge in [-0.25, -0.2) is 0 Å². The van der Waals surface area contributed by atoms with Gasteiger partial charge in [0.1, 0.15) is 0 Å². The maximum atomic E-state index is 6.08. The van der Waals surface area contributed by atoms with Gasteiger partial charge in [0.25, 0.3) is 0 Å². The lowest BCUT2D eigenvalue weighted by Gasteiger charge is -2.25. The highest BCUT2D eigenvalue weighted by molar-refractivity contribution is 4.82. The molecule has 0 bridgehead atoms. The third-order valence-electron chi connectivity index (χ3n) is 3.73. The average Bonchev–Trinajstić information content (AvgIpc) is 3.18. The molecule has 1 aliphatic carbocycles. The normalized spacial score (nSPS) is 23.8. The predicted octanol–water partition coefficient (Wildman–Crippen LogP) is 2.35. The van der Waals surface area contributed by atoms with Gasteiger partial charge in [-0.3, -0.25) is 0 Å². The molecule has 0 radical (unpaired) electrons. The van der Waals surface area contributed by atoms with Gasteiger partial charge in [-0.2, -0.15) is 0 Å². The topological polar surface area (TPSA) is 30.5 Å². The van der Waals surface area contributed by atoms with Crippen LogP contribution >= 0.6 is 0 Å². The smallest absolute Gasteiger partial charge is 0.0699 e. The molecule has 2 aliphatic rings. The monoisotopic (exact) mass is 241 g/mol. The third kappa shape index (κ3) is 5.36. The SMILES string of the molecule is CCCC(CNC1CC1)OCC1CCOCC1. The number of hydrogen-bond donors (Lipinski definition) is 1. The molecule has 0 aromatic rings. The molecule has 1 heterocycles. The first-order chi connectivity index (χ1) is 8.38. The summed E-state index contributed by atoms with van der Waals surface area (Å²) in [5.41, 5.74) is 0. The number of hydrogen-bond acceptors (Lipinski definition) is 3. The van der Waals surface area contributed by atoms with E-state index in [4.69, 9.17) is 9.47 Å². The zero-order valence-electron chi connectivity index (χ0n) is 11.1. The molecule has 100 valence electrons. The molecule has 0 amide bonds. The Balaban J connectivity index is 1.60. The summed E-state index contributed by atoms with van der Waals surface area (Å²) in [6.07, 6.45) is 7.89. The van der Waals surface area contributed by atoms with Crippen molar-refractivity contribution in [1.82, 2.24) is 5.32 Å². The molecule has 17 heavy (non-hydrogen) atoms. The number of rotatable bonds is 8. The van der Waals surface area contributed by atoms with Crippen molar-refractivity contribution < 1.29 is 9.47 Å². The standard InChI is InChI=1S/C14H27NO2/c1-2-3-14(10-15-13-4-5-13)17-11-12-6-8-16-9-7-12/h12-15H,2-11H2,1H3. The zero-order valence-corrected chi connectivity index (χ0v) is 11.1. The summed E-state index contributed by atoms with van der Waals surface area (Å²) in [5.74, 6) is 0.726. The van der Waals surface area contributed by atoms with Crippen LogP contribution in [0.1, 0.15) is 45.4 Å². The van der Waals surface area contributed by atoms with Crippen molar-refractivity contribution in [2.45, 2.75) is 57.6 Å². The van der Waals surface area contributed by atoms with Crippen LogP contribution in [0.5, 0.6) is 0 Å². The third-order valence-corrected chi connectivity index (χ3v) is 3.73. The van der Waals surface area contributed by atoms with Crippen LogP contribution in [0.4, 0.5) is 0 Å². The van der Waals surface area contributed by atoms with Crippen LogP contribution in [-0.4, -0.2) is 38.5 Å². The van der Waals surface area contributed by atoms with Gasteiger partial charge in [0.2, 0.25) is 0 Å². The van der Waals surface area contributed by atoms with E-state index in [2.05, 4.69) is 12.2 Å². The Morgan fingerprint density at radius 1 is 1.24 bits per heavy atom. The second-order valence-electron chi connectivity index (χ2n) is 5.48. The molecule has 0 aromatic heterocycles. The van der Waals surface area contributed by atoms with Crippen molar-refractivity contribution in [2.24, 2.45) is 5.92 Å². The summed E-state index contributed by atoms with van der Waals surface area (Å²) < 4.78 is 11.5. The second-order valence-corrected chi connectivity index (χ2v) is 5.48. The molecule has 1 saturated heterocycles. The van der Waals surface area contributed by atoms with Gasteiger partial charge in [0.05, 0.1) is 6.10 Å². The maximum Gasteiger partial charge on any atom is 0.0699 e. The fourth-order valence-electron chi connectivity index (χ4n) is 2.34. The van der Waals surface area contributed by atoms with E-state index in [1.807, 2.05) is 0 Å². The van der Waals surface area contributed by atoms with Gasteiger partial charge >= 0.3 is 0 Å². The number of ether oxygens (including phenoxy) is 2. The average molecular weight is 241 g/mol. The molecule has 0 spiro atoms. The van der Waals surface area contributed by atoms with Crippen LogP contribution in [0.15, 0.2) is 0 Å². The summed E-state index contributed by atoms with van der Waals surface area (Å²) >= 11 is 0. The lowest BCUT2D eigenvalue weighted by molar-refractivity contribution is -0.0132. The first kappa shape index (κ1) is 13.3. The minimum absolute atomic E-state index is 0.420. The molecule has 2 fully saturated rings. The summed E-state index contributed by atoms with van der Waals surface area (Å²) in [5, 5.41) is 3.58. The Morgan fingerprint density at radius 2 is 2.00 bits per heavy atom. The van der Waals surface area contributed by atoms with Crippen LogP contribution in [-0.2, 0) is 9.47 Å². The molecule has 1 saturated carbocycles. The highest BCUT2D eigenvalue weighted by Gasteiger charge is 2.22. The van der Waals surface area contributed by atoms with E-state index in [-0.39, 0.29) is 0 Å². The van der Waals surface area contributed by atoms with E-state index in [1.165, 1.54) is 38.5 Å². The summed E-state index contributed by atoms with van der Waals surface area (Å²) in [4.78, 5) is 0. The molecule has 3 nitrogen and oxygen atoms in total. The van der Waals surface area contributed by atoms with Gasteiger partial charge in [-0.15, -0.1) is 0 Å². The molecule has 0 aromatic carbocycles. The minimum atomic E-state index is 0.420. The Morgan fingerprint density at radius 3 is 2.65 bits per heavy atom. The quantitative estimate of drug-likeness (QED) is 0.707. The largest absolute Gasteiger partial charge is 0.381 e. The van der Waals surface area contributed by atoms with Crippen molar-refractivity contribution in [3.63, 3.8) is 0 Å². The molecular weight excluding hydrogens is 214 g/mol. The first-order valence-electron chi connectivity index (χ1n) is 7.31. The minimum Gasteiger partial charge on any atom is -0.381 e. The van der Waals surface area contributed by atoms with Crippen LogP contribution in [0.25, 0.3) is 0 Å². The van der Waals surface area contributed by atoms with Crippen LogP contribution in [0.3, 0.4) is 0 Å². The Hall–Kier alpha value is -0.120. The molecule has 1 atom stereocenters. The molecular formula is C14H27NO2. The van der Waals surface area contributed by atoms with Crippen molar-refractivity contribution >= 4 is 0 Å². The van der Waals surface area contributed by atoms with E-state index >= 15 is 0 Å². The highest BCUT2D eigenvalue weighted by Crippen LogP contribution is 2.20. The van der Waals surface area contributed by atoms with E-state index in [1.54, 1.807) is 0 Å². The van der Waals surface area contributed by atoms with Crippen molar-refractivity contribution in [3.05, 3.63) is 0 Å². The van der Waals surface area contributed by atoms with E-state index in [0.717, 1.165) is 38.3 Å². The van der Waals surface area contributed by atoms with Crippen molar-refractivity contribution in [1.29, 1.82) is 0 Å². The second kappa shape index (κ2) is 7.34. The van der Waals surface area contributed by atoms with Crippen LogP contribution in [0.2, 0.25) is 0 Å². The Bertz CT molecular complexity index is 200. The zero-order chi connectivity index (χ0) is 11.9. The van der Waals surface area contributed by atoms with Crippen molar-refractivity contribution in [2.75, 3.05) is 26.4 Å². The van der Waals surface area contributed by atoms with Crippen LogP contribution in [0, 0.1) is 5.92 Å². The summed E-state index contributed by atoms with van der Waals surface area (Å²) in [6.45, 7) is 6.06. The van der Waals surface area contributed by atoms with Gasteiger partial charge in [-0.05, 0) is 38.0 Å². The molecule has 2 rings (SSSR count). The van der Waals surface area contributed by atoms with Gasteiger partial charge < -0.3 is 14.8 Å². The lowest BCUT2D eigenvalue weighted by atomic mass is 10.0. The fraction of sp³-hybridized carbons (Fsp3) is 1.00. The molecule has 3 heteroatoms. The lowest BCUT2D eigenvalue weighted by Crippen LogP contribution is -2.32. The maximum absolute atomic E-state index is 6.08. The first-order valence-corrected chi connectivity index (χ1v) is 7.31. The van der Waals surface area contributed by atoms with Crippen LogP contribution < -0.4 is 5.32 Å². The molecule has 1 unspecified atom stereocenters. The predicted molar refractivity (Wildman–Crippen MR) is 69.2 cm³/mol. The van der Waals surface area contributed by atoms with Gasteiger partial charge in [0, 0.05) is 32.4 Å². The Kier molecular flexibility index (Phi) is 5.75.